The highest BCUT2D eigenvalue weighted by Crippen LogP contribution is 2.26. The Bertz CT molecular complexity index is 1230. The van der Waals surface area contributed by atoms with E-state index in [9.17, 15) is 9.59 Å². The highest BCUT2D eigenvalue weighted by Gasteiger charge is 2.18. The maximum atomic E-state index is 12.8. The maximum Gasteiger partial charge on any atom is 0.306 e. The number of carbonyl (C=O) groups is 2. The van der Waals surface area contributed by atoms with Crippen molar-refractivity contribution in [3.63, 3.8) is 0 Å². The molecule has 0 N–H and O–H groups in total. The second kappa shape index (κ2) is 9.39. The Balaban J connectivity index is 1.36. The zero-order valence-electron chi connectivity index (χ0n) is 17.5. The fourth-order valence-electron chi connectivity index (χ4n) is 3.69. The Morgan fingerprint density at radius 1 is 0.871 bits per heavy atom. The molecule has 0 saturated heterocycles. The van der Waals surface area contributed by atoms with Crippen molar-refractivity contribution >= 4 is 39.2 Å². The van der Waals surface area contributed by atoms with Gasteiger partial charge in [-0.15, -0.1) is 0 Å². The van der Waals surface area contributed by atoms with Crippen molar-refractivity contribution in [2.24, 2.45) is 0 Å². The smallest absolute Gasteiger partial charge is 0.306 e. The third-order valence-electron chi connectivity index (χ3n) is 5.27. The van der Waals surface area contributed by atoms with E-state index in [1.807, 2.05) is 85.8 Å². The summed E-state index contributed by atoms with van der Waals surface area (Å²) in [7, 11) is 0. The summed E-state index contributed by atoms with van der Waals surface area (Å²) >= 11 is 0. The van der Waals surface area contributed by atoms with Gasteiger partial charge in [0.2, 0.25) is 0 Å². The van der Waals surface area contributed by atoms with E-state index < -0.39 is 5.97 Å². The largest absolute Gasteiger partial charge is 0.456 e. The fraction of sp³-hybridized carbons (Fsp3) is 0.192. The topological polar surface area (TPSA) is 59.5 Å². The molecule has 0 atom stereocenters. The van der Waals surface area contributed by atoms with Crippen molar-refractivity contribution in [3.8, 4) is 0 Å². The molecule has 0 aliphatic heterocycles. The lowest BCUT2D eigenvalue weighted by Crippen LogP contribution is -2.34. The summed E-state index contributed by atoms with van der Waals surface area (Å²) in [5, 5.41) is 3.12. The van der Waals surface area contributed by atoms with Crippen LogP contribution in [0.15, 0.2) is 78.9 Å². The van der Waals surface area contributed by atoms with Crippen LogP contribution in [-0.4, -0.2) is 30.0 Å². The Morgan fingerprint density at radius 2 is 1.61 bits per heavy atom. The molecule has 4 rings (SSSR count). The van der Waals surface area contributed by atoms with Gasteiger partial charge in [-0.05, 0) is 30.5 Å². The number of anilines is 1. The first-order valence-electron chi connectivity index (χ1n) is 10.4. The van der Waals surface area contributed by atoms with Crippen molar-refractivity contribution in [1.82, 2.24) is 4.98 Å². The van der Waals surface area contributed by atoms with Crippen molar-refractivity contribution in [2.45, 2.75) is 19.8 Å². The van der Waals surface area contributed by atoms with Crippen LogP contribution in [0.25, 0.3) is 21.7 Å². The summed E-state index contributed by atoms with van der Waals surface area (Å²) in [6, 6.07) is 25.5. The molecule has 0 unspecified atom stereocenters. The molecule has 0 saturated carbocycles. The molecule has 0 aliphatic carbocycles. The number of fused-ring (bicyclic) bond motifs is 2. The number of benzene rings is 3. The maximum absolute atomic E-state index is 12.8. The number of rotatable bonds is 7. The number of hydrogen-bond donors (Lipinski definition) is 0. The van der Waals surface area contributed by atoms with Gasteiger partial charge in [-0.1, -0.05) is 60.7 Å². The van der Waals surface area contributed by atoms with Crippen molar-refractivity contribution in [3.05, 3.63) is 84.6 Å². The van der Waals surface area contributed by atoms with E-state index in [4.69, 9.17) is 4.74 Å². The van der Waals surface area contributed by atoms with Crippen LogP contribution >= 0.6 is 0 Å². The highest BCUT2D eigenvalue weighted by atomic mass is 16.5. The highest BCUT2D eigenvalue weighted by molar-refractivity contribution is 6.04. The van der Waals surface area contributed by atoms with E-state index in [0.29, 0.717) is 13.0 Å². The molecule has 1 heterocycles. The third-order valence-corrected chi connectivity index (χ3v) is 5.27. The molecule has 0 radical (unpaired) electrons. The molecule has 0 bridgehead atoms. The molecule has 5 nitrogen and oxygen atoms in total. The van der Waals surface area contributed by atoms with Gasteiger partial charge < -0.3 is 9.64 Å². The SMILES string of the molecule is CCN(C(=O)COC(=O)CCc1ccc2ccccc2n1)c1cccc2ccccc12. The van der Waals surface area contributed by atoms with Gasteiger partial charge in [0, 0.05) is 29.4 Å². The lowest BCUT2D eigenvalue weighted by Gasteiger charge is -2.22. The van der Waals surface area contributed by atoms with Crippen molar-refractivity contribution < 1.29 is 14.3 Å². The molecule has 0 aliphatic rings. The van der Waals surface area contributed by atoms with Gasteiger partial charge in [0.05, 0.1) is 17.6 Å². The first-order valence-corrected chi connectivity index (χ1v) is 10.4. The molecule has 4 aromatic rings. The number of nitrogens with zero attached hydrogens (tertiary/aromatic N) is 2. The Labute approximate surface area is 181 Å². The molecule has 1 aromatic heterocycles. The van der Waals surface area contributed by atoms with Crippen LogP contribution in [0.5, 0.6) is 0 Å². The second-order valence-electron chi connectivity index (χ2n) is 7.29. The van der Waals surface area contributed by atoms with Crippen LogP contribution in [-0.2, 0) is 20.7 Å². The summed E-state index contributed by atoms with van der Waals surface area (Å²) in [4.78, 5) is 31.2. The van der Waals surface area contributed by atoms with E-state index in [2.05, 4.69) is 4.98 Å². The van der Waals surface area contributed by atoms with E-state index >= 15 is 0 Å². The van der Waals surface area contributed by atoms with Crippen LogP contribution in [0.1, 0.15) is 19.0 Å². The van der Waals surface area contributed by atoms with Gasteiger partial charge in [0.25, 0.3) is 5.91 Å². The summed E-state index contributed by atoms with van der Waals surface area (Å²) in [5.41, 5.74) is 2.55. The molecule has 31 heavy (non-hydrogen) atoms. The molecule has 3 aromatic carbocycles. The minimum atomic E-state index is -0.405. The average molecular weight is 412 g/mol. The second-order valence-corrected chi connectivity index (χ2v) is 7.29. The van der Waals surface area contributed by atoms with Gasteiger partial charge in [-0.2, -0.15) is 0 Å². The zero-order chi connectivity index (χ0) is 21.6. The zero-order valence-corrected chi connectivity index (χ0v) is 17.5. The predicted octanol–water partition coefficient (Wildman–Crippen LogP) is 4.92. The number of pyridine rings is 1. The van der Waals surface area contributed by atoms with E-state index in [-0.39, 0.29) is 18.9 Å². The van der Waals surface area contributed by atoms with E-state index in [1.165, 1.54) is 0 Å². The number of hydrogen-bond acceptors (Lipinski definition) is 4. The minimum Gasteiger partial charge on any atom is -0.456 e. The first kappa shape index (κ1) is 20.5. The Kier molecular flexibility index (Phi) is 6.22. The number of esters is 1. The van der Waals surface area contributed by atoms with Gasteiger partial charge in [-0.3, -0.25) is 14.6 Å². The number of amides is 1. The predicted molar refractivity (Wildman–Crippen MR) is 123 cm³/mol. The molecule has 0 fully saturated rings. The van der Waals surface area contributed by atoms with Crippen LogP contribution in [0.2, 0.25) is 0 Å². The Morgan fingerprint density at radius 3 is 2.45 bits per heavy atom. The fourth-order valence-corrected chi connectivity index (χ4v) is 3.69. The average Bonchev–Trinajstić information content (AvgIpc) is 2.82. The van der Waals surface area contributed by atoms with Gasteiger partial charge >= 0.3 is 5.97 Å². The molecular formula is C26H24N2O3. The quantitative estimate of drug-likeness (QED) is 0.405. The molecule has 1 amide bonds. The number of carbonyl (C=O) groups excluding carboxylic acids is 2. The lowest BCUT2D eigenvalue weighted by atomic mass is 10.1. The van der Waals surface area contributed by atoms with Crippen LogP contribution < -0.4 is 4.90 Å². The van der Waals surface area contributed by atoms with Gasteiger partial charge in [0.15, 0.2) is 6.61 Å². The monoisotopic (exact) mass is 412 g/mol. The molecule has 5 heteroatoms. The first-order chi connectivity index (χ1) is 15.2. The molecule has 156 valence electrons. The molecular weight excluding hydrogens is 388 g/mol. The summed E-state index contributed by atoms with van der Waals surface area (Å²) < 4.78 is 5.27. The number of ether oxygens (including phenoxy) is 1. The van der Waals surface area contributed by atoms with E-state index in [1.54, 1.807) is 4.90 Å². The number of likely N-dealkylation sites (N-methyl/N-ethyl adjacent to an activating group) is 1. The van der Waals surface area contributed by atoms with Crippen LogP contribution in [0.4, 0.5) is 5.69 Å². The van der Waals surface area contributed by atoms with Gasteiger partial charge in [0.1, 0.15) is 0 Å². The van der Waals surface area contributed by atoms with Crippen molar-refractivity contribution in [2.75, 3.05) is 18.1 Å². The third kappa shape index (κ3) is 4.72. The van der Waals surface area contributed by atoms with Crippen LogP contribution in [0, 0.1) is 0 Å². The number of aryl methyl sites for hydroxylation is 1. The molecule has 0 spiro atoms. The number of para-hydroxylation sites is 1. The minimum absolute atomic E-state index is 0.180. The summed E-state index contributed by atoms with van der Waals surface area (Å²) in [6.45, 7) is 2.12. The standard InChI is InChI=1S/C26H24N2O3/c1-2-28(24-13-7-10-19-8-3-5-11-22(19)24)25(29)18-31-26(30)17-16-21-15-14-20-9-4-6-12-23(20)27-21/h3-15H,2,16-18H2,1H3. The van der Waals surface area contributed by atoms with Gasteiger partial charge in [-0.25, -0.2) is 0 Å². The van der Waals surface area contributed by atoms with Crippen molar-refractivity contribution in [1.29, 1.82) is 0 Å². The Hall–Kier alpha value is -3.73. The van der Waals surface area contributed by atoms with Crippen LogP contribution in [0.3, 0.4) is 0 Å². The summed E-state index contributed by atoms with van der Waals surface area (Å²) in [5.74, 6) is -0.645. The normalized spacial score (nSPS) is 10.9. The number of aromatic nitrogens is 1. The lowest BCUT2D eigenvalue weighted by molar-refractivity contribution is -0.147. The van der Waals surface area contributed by atoms with E-state index in [0.717, 1.165) is 33.1 Å². The summed E-state index contributed by atoms with van der Waals surface area (Å²) in [6.07, 6.45) is 0.650.